The molecule has 0 radical (unpaired) electrons. The van der Waals surface area contributed by atoms with Crippen LogP contribution in [0.25, 0.3) is 21.8 Å². The van der Waals surface area contributed by atoms with Crippen LogP contribution in [0, 0.1) is 0 Å². The van der Waals surface area contributed by atoms with E-state index in [0.29, 0.717) is 17.9 Å². The topological polar surface area (TPSA) is 55.3 Å². The average Bonchev–Trinajstić information content (AvgIpc) is 2.97. The van der Waals surface area contributed by atoms with Gasteiger partial charge in [-0.15, -0.1) is 0 Å². The number of rotatable bonds is 3. The van der Waals surface area contributed by atoms with Crippen molar-refractivity contribution < 1.29 is 9.53 Å². The van der Waals surface area contributed by atoms with Crippen LogP contribution in [-0.2, 0) is 6.54 Å². The molecule has 5 nitrogen and oxygen atoms in total. The fraction of sp³-hybridized carbons (Fsp3) is 0.0952. The number of carbonyl (C=O) groups excluding carboxylic acids is 1. The van der Waals surface area contributed by atoms with Crippen LogP contribution in [-0.4, -0.2) is 23.0 Å². The molecule has 126 valence electrons. The largest absolute Gasteiger partial charge is 0.497 e. The maximum absolute atomic E-state index is 13.3. The van der Waals surface area contributed by atoms with E-state index in [2.05, 4.69) is 4.98 Å². The molecule has 5 rings (SSSR count). The molecule has 0 unspecified atom stereocenters. The van der Waals surface area contributed by atoms with E-state index in [9.17, 15) is 4.79 Å². The third-order valence-electron chi connectivity index (χ3n) is 4.78. The lowest BCUT2D eigenvalue weighted by Gasteiger charge is -2.17. The number of nitrogens with zero attached hydrogens (tertiary/aromatic N) is 3. The summed E-state index contributed by atoms with van der Waals surface area (Å²) in [5.41, 5.74) is 4.03. The summed E-state index contributed by atoms with van der Waals surface area (Å²) in [6.45, 7) is 0.429. The zero-order valence-electron chi connectivity index (χ0n) is 14.1. The minimum atomic E-state index is -0.0255. The Hall–Kier alpha value is -3.47. The zero-order valence-corrected chi connectivity index (χ0v) is 14.1. The number of carbonyl (C=O) groups is 1. The van der Waals surface area contributed by atoms with Gasteiger partial charge in [-0.25, -0.2) is 4.98 Å². The van der Waals surface area contributed by atoms with Crippen LogP contribution in [0.1, 0.15) is 16.1 Å². The van der Waals surface area contributed by atoms with Crippen LogP contribution in [0.4, 0.5) is 5.69 Å². The Kier molecular flexibility index (Phi) is 3.15. The fourth-order valence-corrected chi connectivity index (χ4v) is 3.58. The van der Waals surface area contributed by atoms with Crippen molar-refractivity contribution in [2.45, 2.75) is 6.54 Å². The van der Waals surface area contributed by atoms with Gasteiger partial charge in [-0.3, -0.25) is 9.78 Å². The molecular weight excluding hydrogens is 326 g/mol. The Balaban J connectivity index is 1.76. The molecule has 5 heteroatoms. The SMILES string of the molecule is COc1ccc2nc3cccc4c3c(c2c1)C(=O)N4Cc1ccccn1. The minimum Gasteiger partial charge on any atom is -0.497 e. The predicted molar refractivity (Wildman–Crippen MR) is 101 cm³/mol. The first-order valence-electron chi connectivity index (χ1n) is 8.38. The number of pyridine rings is 2. The molecule has 0 spiro atoms. The number of benzene rings is 2. The molecular formula is C21H15N3O2. The second-order valence-corrected chi connectivity index (χ2v) is 6.25. The first-order valence-corrected chi connectivity index (χ1v) is 8.38. The van der Waals surface area contributed by atoms with Gasteiger partial charge in [0.25, 0.3) is 5.91 Å². The van der Waals surface area contributed by atoms with Gasteiger partial charge in [-0.2, -0.15) is 0 Å². The van der Waals surface area contributed by atoms with E-state index < -0.39 is 0 Å². The summed E-state index contributed by atoms with van der Waals surface area (Å²) < 4.78 is 5.35. The van der Waals surface area contributed by atoms with E-state index in [-0.39, 0.29) is 5.91 Å². The lowest BCUT2D eigenvalue weighted by atomic mass is 10.0. The number of ether oxygens (including phenoxy) is 1. The van der Waals surface area contributed by atoms with E-state index >= 15 is 0 Å². The molecule has 2 aromatic carbocycles. The standard InChI is InChI=1S/C21H15N3O2/c1-26-14-8-9-16-15(11-14)19-20-17(23-16)6-4-7-18(20)24(21(19)25)12-13-5-2-3-10-22-13/h2-11H,12H2,1H3. The highest BCUT2D eigenvalue weighted by atomic mass is 16.5. The molecule has 0 N–H and O–H groups in total. The first-order chi connectivity index (χ1) is 12.8. The minimum absolute atomic E-state index is 0.0255. The highest BCUT2D eigenvalue weighted by Gasteiger charge is 2.32. The monoisotopic (exact) mass is 341 g/mol. The number of aromatic nitrogens is 2. The first kappa shape index (κ1) is 14.8. The number of amides is 1. The molecule has 0 saturated heterocycles. The summed E-state index contributed by atoms with van der Waals surface area (Å²) in [6, 6.07) is 17.2. The van der Waals surface area contributed by atoms with E-state index in [4.69, 9.17) is 9.72 Å². The van der Waals surface area contributed by atoms with Crippen molar-refractivity contribution in [1.82, 2.24) is 9.97 Å². The number of hydrogen-bond acceptors (Lipinski definition) is 4. The molecule has 0 fully saturated rings. The molecule has 1 amide bonds. The number of hydrogen-bond donors (Lipinski definition) is 0. The summed E-state index contributed by atoms with van der Waals surface area (Å²) in [4.78, 5) is 24.2. The summed E-state index contributed by atoms with van der Waals surface area (Å²) in [5, 5.41) is 1.71. The maximum Gasteiger partial charge on any atom is 0.260 e. The van der Waals surface area contributed by atoms with Gasteiger partial charge in [0.05, 0.1) is 41.6 Å². The molecule has 1 aliphatic heterocycles. The third kappa shape index (κ3) is 2.07. The molecule has 4 aromatic rings. The van der Waals surface area contributed by atoms with Gasteiger partial charge < -0.3 is 9.64 Å². The fourth-order valence-electron chi connectivity index (χ4n) is 3.58. The molecule has 3 heterocycles. The molecule has 26 heavy (non-hydrogen) atoms. The smallest absolute Gasteiger partial charge is 0.260 e. The number of fused-ring (bicyclic) bond motifs is 2. The molecule has 0 atom stereocenters. The number of methoxy groups -OCH3 is 1. The van der Waals surface area contributed by atoms with Gasteiger partial charge in [0.2, 0.25) is 0 Å². The van der Waals surface area contributed by atoms with Gasteiger partial charge in [-0.05, 0) is 42.5 Å². The van der Waals surface area contributed by atoms with E-state index in [1.54, 1.807) is 18.2 Å². The molecule has 0 aliphatic carbocycles. The Labute approximate surface area is 149 Å². The average molecular weight is 341 g/mol. The third-order valence-corrected chi connectivity index (χ3v) is 4.78. The Bertz CT molecular complexity index is 1170. The summed E-state index contributed by atoms with van der Waals surface area (Å²) in [5.74, 6) is 0.686. The van der Waals surface area contributed by atoms with Crippen molar-refractivity contribution in [3.8, 4) is 5.75 Å². The van der Waals surface area contributed by atoms with Crippen LogP contribution < -0.4 is 9.64 Å². The van der Waals surface area contributed by atoms with Crippen LogP contribution in [0.2, 0.25) is 0 Å². The van der Waals surface area contributed by atoms with Crippen molar-refractivity contribution in [3.05, 3.63) is 72.1 Å². The van der Waals surface area contributed by atoms with E-state index in [1.807, 2.05) is 54.6 Å². The van der Waals surface area contributed by atoms with Crippen molar-refractivity contribution in [2.24, 2.45) is 0 Å². The van der Waals surface area contributed by atoms with Crippen molar-refractivity contribution in [3.63, 3.8) is 0 Å². The molecule has 1 aliphatic rings. The zero-order chi connectivity index (χ0) is 17.7. The van der Waals surface area contributed by atoms with Gasteiger partial charge in [-0.1, -0.05) is 12.1 Å². The highest BCUT2D eigenvalue weighted by molar-refractivity contribution is 6.30. The second-order valence-electron chi connectivity index (χ2n) is 6.25. The molecule has 0 saturated carbocycles. The normalized spacial score (nSPS) is 13.0. The van der Waals surface area contributed by atoms with E-state index in [0.717, 1.165) is 33.2 Å². The Morgan fingerprint density at radius 1 is 1.04 bits per heavy atom. The van der Waals surface area contributed by atoms with Crippen molar-refractivity contribution in [2.75, 3.05) is 12.0 Å². The van der Waals surface area contributed by atoms with Crippen LogP contribution in [0.15, 0.2) is 60.8 Å². The Morgan fingerprint density at radius 3 is 2.77 bits per heavy atom. The quantitative estimate of drug-likeness (QED) is 0.530. The van der Waals surface area contributed by atoms with Gasteiger partial charge in [0.15, 0.2) is 0 Å². The number of anilines is 1. The molecule has 0 bridgehead atoms. The second kappa shape index (κ2) is 5.52. The maximum atomic E-state index is 13.3. The van der Waals surface area contributed by atoms with Crippen molar-refractivity contribution in [1.29, 1.82) is 0 Å². The van der Waals surface area contributed by atoms with E-state index in [1.165, 1.54) is 0 Å². The van der Waals surface area contributed by atoms with Crippen molar-refractivity contribution >= 4 is 33.4 Å². The Morgan fingerprint density at radius 2 is 1.96 bits per heavy atom. The highest BCUT2D eigenvalue weighted by Crippen LogP contribution is 2.41. The van der Waals surface area contributed by atoms with Crippen LogP contribution in [0.5, 0.6) is 5.75 Å². The summed E-state index contributed by atoms with van der Waals surface area (Å²) in [7, 11) is 1.62. The lowest BCUT2D eigenvalue weighted by molar-refractivity contribution is 0.0992. The predicted octanol–water partition coefficient (Wildman–Crippen LogP) is 3.95. The summed E-state index contributed by atoms with van der Waals surface area (Å²) >= 11 is 0. The van der Waals surface area contributed by atoms with Crippen LogP contribution >= 0.6 is 0 Å². The van der Waals surface area contributed by atoms with Gasteiger partial charge in [0.1, 0.15) is 5.75 Å². The molecule has 2 aromatic heterocycles. The van der Waals surface area contributed by atoms with Crippen LogP contribution in [0.3, 0.4) is 0 Å². The summed E-state index contributed by atoms with van der Waals surface area (Å²) in [6.07, 6.45) is 1.74. The lowest BCUT2D eigenvalue weighted by Crippen LogP contribution is -2.26. The van der Waals surface area contributed by atoms with Gasteiger partial charge >= 0.3 is 0 Å². The van der Waals surface area contributed by atoms with Gasteiger partial charge in [0, 0.05) is 17.0 Å².